The molecule has 17 heavy (non-hydrogen) atoms. The largest absolute Gasteiger partial charge is 0.375 e. The Balaban J connectivity index is 3.08. The van der Waals surface area contributed by atoms with Crippen LogP contribution in [0.5, 0.6) is 0 Å². The molecule has 0 heterocycles. The van der Waals surface area contributed by atoms with Gasteiger partial charge in [-0.2, -0.15) is 0 Å². The molecule has 0 aromatic heterocycles. The third kappa shape index (κ3) is 3.52. The van der Waals surface area contributed by atoms with Crippen molar-refractivity contribution in [3.05, 3.63) is 23.8 Å². The summed E-state index contributed by atoms with van der Waals surface area (Å²) in [5, 5.41) is 7.59. The highest BCUT2D eigenvalue weighted by Crippen LogP contribution is 2.21. The summed E-state index contributed by atoms with van der Waals surface area (Å²) in [6, 6.07) is 4.49. The predicted molar refractivity (Wildman–Crippen MR) is 63.1 cm³/mol. The van der Waals surface area contributed by atoms with Gasteiger partial charge in [0, 0.05) is 12.8 Å². The van der Waals surface area contributed by atoms with Crippen molar-refractivity contribution in [2.45, 2.75) is 11.8 Å². The highest BCUT2D eigenvalue weighted by atomic mass is 32.2. The molecule has 7 heteroatoms. The predicted octanol–water partition coefficient (Wildman–Crippen LogP) is 0.227. The molecule has 1 amide bonds. The minimum absolute atomic E-state index is 0.00674. The number of rotatable bonds is 4. The summed E-state index contributed by atoms with van der Waals surface area (Å²) >= 11 is 0. The quantitative estimate of drug-likeness (QED) is 0.807. The van der Waals surface area contributed by atoms with E-state index in [-0.39, 0.29) is 17.4 Å². The molecular formula is C10H14N2O4S. The fourth-order valence-electron chi connectivity index (χ4n) is 1.38. The minimum Gasteiger partial charge on any atom is -0.375 e. The van der Waals surface area contributed by atoms with Crippen LogP contribution in [0.1, 0.15) is 5.56 Å². The summed E-state index contributed by atoms with van der Waals surface area (Å²) in [6.07, 6.45) is 0. The normalized spacial score (nSPS) is 11.2. The van der Waals surface area contributed by atoms with E-state index in [4.69, 9.17) is 5.14 Å². The Hall–Kier alpha value is -1.44. The number of hydrogen-bond donors (Lipinski definition) is 2. The second kappa shape index (κ2) is 5.26. The molecule has 0 spiro atoms. The molecule has 0 saturated carbocycles. The maximum Gasteiger partial charge on any atom is 0.250 e. The SMILES string of the molecule is COCC(=O)Nc1cccc(S(N)(=O)=O)c1C. The van der Waals surface area contributed by atoms with Crippen LogP contribution in [-0.4, -0.2) is 28.0 Å². The van der Waals surface area contributed by atoms with Gasteiger partial charge in [-0.1, -0.05) is 6.07 Å². The van der Waals surface area contributed by atoms with Gasteiger partial charge in [0.25, 0.3) is 0 Å². The number of carbonyl (C=O) groups is 1. The van der Waals surface area contributed by atoms with Crippen molar-refractivity contribution in [1.29, 1.82) is 0 Å². The number of sulfonamides is 1. The molecule has 1 aromatic rings. The zero-order chi connectivity index (χ0) is 13.1. The first kappa shape index (κ1) is 13.6. The third-order valence-electron chi connectivity index (χ3n) is 2.14. The second-order valence-electron chi connectivity index (χ2n) is 3.45. The summed E-state index contributed by atoms with van der Waals surface area (Å²) in [6.45, 7) is 1.47. The minimum atomic E-state index is -3.79. The number of methoxy groups -OCH3 is 1. The molecule has 0 aliphatic rings. The molecule has 6 nitrogen and oxygen atoms in total. The van der Waals surface area contributed by atoms with Gasteiger partial charge in [0.1, 0.15) is 6.61 Å². The lowest BCUT2D eigenvalue weighted by Crippen LogP contribution is -2.19. The number of primary sulfonamides is 1. The topological polar surface area (TPSA) is 98.5 Å². The number of carbonyl (C=O) groups excluding carboxylic acids is 1. The highest BCUT2D eigenvalue weighted by molar-refractivity contribution is 7.89. The van der Waals surface area contributed by atoms with E-state index in [9.17, 15) is 13.2 Å². The molecule has 0 atom stereocenters. The monoisotopic (exact) mass is 258 g/mol. The van der Waals surface area contributed by atoms with Crippen molar-refractivity contribution in [3.8, 4) is 0 Å². The number of hydrogen-bond acceptors (Lipinski definition) is 4. The van der Waals surface area contributed by atoms with Crippen LogP contribution in [0.25, 0.3) is 0 Å². The van der Waals surface area contributed by atoms with E-state index in [0.29, 0.717) is 11.3 Å². The van der Waals surface area contributed by atoms with Crippen molar-refractivity contribution in [2.24, 2.45) is 5.14 Å². The lowest BCUT2D eigenvalue weighted by atomic mass is 10.2. The zero-order valence-electron chi connectivity index (χ0n) is 9.56. The molecule has 94 valence electrons. The molecule has 0 aliphatic heterocycles. The van der Waals surface area contributed by atoms with Crippen LogP contribution >= 0.6 is 0 Å². The Kier molecular flexibility index (Phi) is 4.22. The van der Waals surface area contributed by atoms with Gasteiger partial charge in [-0.05, 0) is 24.6 Å². The molecule has 0 unspecified atom stereocenters. The molecule has 1 rings (SSSR count). The van der Waals surface area contributed by atoms with Crippen LogP contribution in [0.4, 0.5) is 5.69 Å². The van der Waals surface area contributed by atoms with E-state index in [2.05, 4.69) is 10.1 Å². The lowest BCUT2D eigenvalue weighted by Gasteiger charge is -2.10. The highest BCUT2D eigenvalue weighted by Gasteiger charge is 2.14. The molecule has 0 bridgehead atoms. The van der Waals surface area contributed by atoms with E-state index in [1.54, 1.807) is 13.0 Å². The number of nitrogens with two attached hydrogens (primary N) is 1. The van der Waals surface area contributed by atoms with Gasteiger partial charge in [-0.25, -0.2) is 13.6 Å². The standard InChI is InChI=1S/C10H14N2O4S/c1-7-8(12-10(13)6-16-2)4-3-5-9(7)17(11,14)15/h3-5H,6H2,1-2H3,(H,12,13)(H2,11,14,15). The average molecular weight is 258 g/mol. The number of anilines is 1. The number of nitrogens with one attached hydrogen (secondary N) is 1. The zero-order valence-corrected chi connectivity index (χ0v) is 10.4. The van der Waals surface area contributed by atoms with Crippen molar-refractivity contribution in [1.82, 2.24) is 0 Å². The Bertz CT molecular complexity index is 525. The van der Waals surface area contributed by atoms with E-state index >= 15 is 0 Å². The van der Waals surface area contributed by atoms with Gasteiger partial charge in [-0.3, -0.25) is 4.79 Å². The Morgan fingerprint density at radius 1 is 1.47 bits per heavy atom. The Labute approximate surface area is 99.8 Å². The van der Waals surface area contributed by atoms with Gasteiger partial charge in [-0.15, -0.1) is 0 Å². The van der Waals surface area contributed by atoms with Gasteiger partial charge in [0.05, 0.1) is 4.90 Å². The first-order valence-electron chi connectivity index (χ1n) is 4.77. The average Bonchev–Trinajstić information content (AvgIpc) is 2.19. The van der Waals surface area contributed by atoms with Crippen molar-refractivity contribution >= 4 is 21.6 Å². The molecule has 0 fully saturated rings. The van der Waals surface area contributed by atoms with E-state index in [1.165, 1.54) is 19.2 Å². The number of amides is 1. The van der Waals surface area contributed by atoms with Crippen LogP contribution in [-0.2, 0) is 19.6 Å². The summed E-state index contributed by atoms with van der Waals surface area (Å²) < 4.78 is 27.2. The van der Waals surface area contributed by atoms with Crippen LogP contribution in [0.3, 0.4) is 0 Å². The lowest BCUT2D eigenvalue weighted by molar-refractivity contribution is -0.119. The summed E-state index contributed by atoms with van der Waals surface area (Å²) in [5.74, 6) is -0.359. The van der Waals surface area contributed by atoms with Crippen molar-refractivity contribution in [2.75, 3.05) is 19.0 Å². The van der Waals surface area contributed by atoms with E-state index < -0.39 is 10.0 Å². The number of ether oxygens (including phenoxy) is 1. The van der Waals surface area contributed by atoms with Crippen LogP contribution in [0, 0.1) is 6.92 Å². The summed E-state index contributed by atoms with van der Waals surface area (Å²) in [4.78, 5) is 11.3. The molecule has 0 radical (unpaired) electrons. The molecule has 0 aliphatic carbocycles. The van der Waals surface area contributed by atoms with Gasteiger partial charge >= 0.3 is 0 Å². The van der Waals surface area contributed by atoms with Crippen molar-refractivity contribution < 1.29 is 17.9 Å². The van der Waals surface area contributed by atoms with Gasteiger partial charge in [0.2, 0.25) is 15.9 Å². The number of benzene rings is 1. The molecule has 1 aromatic carbocycles. The molecule has 3 N–H and O–H groups in total. The first-order chi connectivity index (χ1) is 7.86. The third-order valence-corrected chi connectivity index (χ3v) is 3.20. The van der Waals surface area contributed by atoms with Crippen molar-refractivity contribution in [3.63, 3.8) is 0 Å². The van der Waals surface area contributed by atoms with Crippen LogP contribution < -0.4 is 10.5 Å². The Morgan fingerprint density at radius 2 is 2.12 bits per heavy atom. The summed E-state index contributed by atoms with van der Waals surface area (Å²) in [7, 11) is -2.39. The Morgan fingerprint density at radius 3 is 2.65 bits per heavy atom. The smallest absolute Gasteiger partial charge is 0.250 e. The van der Waals surface area contributed by atoms with Gasteiger partial charge in [0.15, 0.2) is 0 Å². The van der Waals surface area contributed by atoms with E-state index in [0.717, 1.165) is 0 Å². The molecule has 0 saturated heterocycles. The maximum atomic E-state index is 11.3. The fraction of sp³-hybridized carbons (Fsp3) is 0.300. The second-order valence-corrected chi connectivity index (χ2v) is 4.98. The van der Waals surface area contributed by atoms with Crippen LogP contribution in [0.15, 0.2) is 23.1 Å². The molecular weight excluding hydrogens is 244 g/mol. The summed E-state index contributed by atoms with van der Waals surface area (Å²) in [5.41, 5.74) is 0.804. The fourth-order valence-corrected chi connectivity index (χ4v) is 2.18. The first-order valence-corrected chi connectivity index (χ1v) is 6.32. The maximum absolute atomic E-state index is 11.3. The van der Waals surface area contributed by atoms with Crippen LogP contribution in [0.2, 0.25) is 0 Å². The van der Waals surface area contributed by atoms with Gasteiger partial charge < -0.3 is 10.1 Å². The van der Waals surface area contributed by atoms with E-state index in [1.807, 2.05) is 0 Å².